The summed E-state index contributed by atoms with van der Waals surface area (Å²) in [5, 5.41) is 2.75. The molecule has 2 rings (SSSR count). The third-order valence-electron chi connectivity index (χ3n) is 3.17. The van der Waals surface area contributed by atoms with Crippen molar-refractivity contribution in [3.8, 4) is 0 Å². The van der Waals surface area contributed by atoms with Gasteiger partial charge in [0.15, 0.2) is 0 Å². The standard InChI is InChI=1S/C11H18N4O3/c16-9-7-8(13-14-9)11(18)12-4-2-6-15-5-1-3-10(15)17/h8,13H,1-7H2,(H,12,18)(H,14,16). The minimum atomic E-state index is -0.481. The average molecular weight is 254 g/mol. The first-order chi connectivity index (χ1) is 8.66. The van der Waals surface area contributed by atoms with Gasteiger partial charge in [0.25, 0.3) is 0 Å². The number of amides is 3. The molecule has 1 atom stereocenters. The van der Waals surface area contributed by atoms with E-state index in [1.807, 2.05) is 4.90 Å². The zero-order valence-electron chi connectivity index (χ0n) is 10.2. The Morgan fingerprint density at radius 1 is 1.44 bits per heavy atom. The lowest BCUT2D eigenvalue weighted by Crippen LogP contribution is -2.43. The van der Waals surface area contributed by atoms with Crippen LogP contribution in [0.4, 0.5) is 0 Å². The van der Waals surface area contributed by atoms with Gasteiger partial charge in [0, 0.05) is 26.1 Å². The van der Waals surface area contributed by atoms with Gasteiger partial charge in [-0.05, 0) is 12.8 Å². The maximum absolute atomic E-state index is 11.6. The van der Waals surface area contributed by atoms with Crippen LogP contribution in [0.15, 0.2) is 0 Å². The second-order valence-electron chi connectivity index (χ2n) is 4.58. The number of carbonyl (C=O) groups is 3. The predicted octanol–water partition coefficient (Wildman–Crippen LogP) is -1.49. The SMILES string of the molecule is O=C1CC(C(=O)NCCCN2CCCC2=O)NN1. The van der Waals surface area contributed by atoms with Crippen LogP contribution in [0.25, 0.3) is 0 Å². The first-order valence-electron chi connectivity index (χ1n) is 6.26. The van der Waals surface area contributed by atoms with Gasteiger partial charge >= 0.3 is 0 Å². The Kier molecular flexibility index (Phi) is 4.14. The third-order valence-corrected chi connectivity index (χ3v) is 3.17. The highest BCUT2D eigenvalue weighted by Gasteiger charge is 2.27. The summed E-state index contributed by atoms with van der Waals surface area (Å²) in [5.74, 6) is -0.146. The highest BCUT2D eigenvalue weighted by atomic mass is 16.2. The van der Waals surface area contributed by atoms with Gasteiger partial charge in [-0.15, -0.1) is 0 Å². The Bertz CT molecular complexity index is 358. The van der Waals surface area contributed by atoms with Crippen LogP contribution in [0.2, 0.25) is 0 Å². The van der Waals surface area contributed by atoms with Gasteiger partial charge in [-0.1, -0.05) is 0 Å². The molecule has 0 aliphatic carbocycles. The van der Waals surface area contributed by atoms with E-state index < -0.39 is 6.04 Å². The minimum Gasteiger partial charge on any atom is -0.355 e. The van der Waals surface area contributed by atoms with Gasteiger partial charge < -0.3 is 10.2 Å². The van der Waals surface area contributed by atoms with E-state index in [-0.39, 0.29) is 24.1 Å². The van der Waals surface area contributed by atoms with Crippen LogP contribution in [-0.2, 0) is 14.4 Å². The van der Waals surface area contributed by atoms with Gasteiger partial charge in [0.2, 0.25) is 17.7 Å². The summed E-state index contributed by atoms with van der Waals surface area (Å²) >= 11 is 0. The van der Waals surface area contributed by atoms with Crippen LogP contribution >= 0.6 is 0 Å². The molecule has 0 radical (unpaired) electrons. The van der Waals surface area contributed by atoms with Crippen molar-refractivity contribution in [2.75, 3.05) is 19.6 Å². The summed E-state index contributed by atoms with van der Waals surface area (Å²) in [6, 6.07) is -0.481. The zero-order valence-corrected chi connectivity index (χ0v) is 10.2. The van der Waals surface area contributed by atoms with Crippen LogP contribution in [0.5, 0.6) is 0 Å². The van der Waals surface area contributed by atoms with Crippen LogP contribution < -0.4 is 16.2 Å². The summed E-state index contributed by atoms with van der Waals surface area (Å²) in [5.41, 5.74) is 5.01. The molecule has 2 fully saturated rings. The van der Waals surface area contributed by atoms with Crippen molar-refractivity contribution in [3.05, 3.63) is 0 Å². The van der Waals surface area contributed by atoms with Gasteiger partial charge in [0.1, 0.15) is 6.04 Å². The van der Waals surface area contributed by atoms with Crippen molar-refractivity contribution in [2.24, 2.45) is 0 Å². The second kappa shape index (κ2) is 5.81. The van der Waals surface area contributed by atoms with E-state index in [0.29, 0.717) is 19.5 Å². The van der Waals surface area contributed by atoms with E-state index >= 15 is 0 Å². The Hall–Kier alpha value is -1.63. The molecule has 0 aromatic heterocycles. The number of nitrogens with zero attached hydrogens (tertiary/aromatic N) is 1. The Morgan fingerprint density at radius 3 is 2.89 bits per heavy atom. The molecule has 3 amide bonds. The Labute approximate surface area is 105 Å². The third kappa shape index (κ3) is 3.19. The number of likely N-dealkylation sites (tertiary alicyclic amines) is 1. The van der Waals surface area contributed by atoms with E-state index in [2.05, 4.69) is 16.2 Å². The molecular weight excluding hydrogens is 236 g/mol. The fourth-order valence-corrected chi connectivity index (χ4v) is 2.16. The summed E-state index contributed by atoms with van der Waals surface area (Å²) in [6.45, 7) is 2.04. The van der Waals surface area contributed by atoms with Crippen LogP contribution in [0.3, 0.4) is 0 Å². The summed E-state index contributed by atoms with van der Waals surface area (Å²) < 4.78 is 0. The summed E-state index contributed by atoms with van der Waals surface area (Å²) in [7, 11) is 0. The maximum atomic E-state index is 11.6. The molecule has 2 aliphatic heterocycles. The molecule has 0 saturated carbocycles. The lowest BCUT2D eigenvalue weighted by Gasteiger charge is -2.15. The monoisotopic (exact) mass is 254 g/mol. The van der Waals surface area contributed by atoms with Crippen molar-refractivity contribution in [2.45, 2.75) is 31.7 Å². The molecular formula is C11H18N4O3. The molecule has 2 aliphatic rings. The molecule has 0 aromatic rings. The van der Waals surface area contributed by atoms with Crippen molar-refractivity contribution in [1.29, 1.82) is 0 Å². The van der Waals surface area contributed by atoms with Crippen molar-refractivity contribution >= 4 is 17.7 Å². The van der Waals surface area contributed by atoms with Gasteiger partial charge in [-0.3, -0.25) is 19.8 Å². The van der Waals surface area contributed by atoms with Crippen LogP contribution in [0.1, 0.15) is 25.7 Å². The van der Waals surface area contributed by atoms with Gasteiger partial charge in [0.05, 0.1) is 6.42 Å². The molecule has 2 heterocycles. The Morgan fingerprint density at radius 2 is 2.28 bits per heavy atom. The molecule has 100 valence electrons. The lowest BCUT2D eigenvalue weighted by molar-refractivity contribution is -0.127. The fourth-order valence-electron chi connectivity index (χ4n) is 2.16. The quantitative estimate of drug-likeness (QED) is 0.521. The predicted molar refractivity (Wildman–Crippen MR) is 63.1 cm³/mol. The number of hydrogen-bond donors (Lipinski definition) is 3. The minimum absolute atomic E-state index is 0.169. The van der Waals surface area contributed by atoms with Crippen molar-refractivity contribution < 1.29 is 14.4 Å². The number of nitrogens with one attached hydrogen (secondary N) is 3. The van der Waals surface area contributed by atoms with E-state index in [9.17, 15) is 14.4 Å². The molecule has 18 heavy (non-hydrogen) atoms. The number of hydrogen-bond acceptors (Lipinski definition) is 4. The van der Waals surface area contributed by atoms with E-state index in [1.165, 1.54) is 0 Å². The van der Waals surface area contributed by atoms with Gasteiger partial charge in [-0.25, -0.2) is 5.43 Å². The number of carbonyl (C=O) groups excluding carboxylic acids is 3. The van der Waals surface area contributed by atoms with Crippen molar-refractivity contribution in [1.82, 2.24) is 21.1 Å². The van der Waals surface area contributed by atoms with Crippen LogP contribution in [-0.4, -0.2) is 48.3 Å². The topological polar surface area (TPSA) is 90.5 Å². The largest absolute Gasteiger partial charge is 0.355 e. The Balaban J connectivity index is 1.59. The molecule has 2 saturated heterocycles. The smallest absolute Gasteiger partial charge is 0.239 e. The highest BCUT2D eigenvalue weighted by molar-refractivity contribution is 5.90. The first-order valence-corrected chi connectivity index (χ1v) is 6.26. The van der Waals surface area contributed by atoms with Gasteiger partial charge in [-0.2, -0.15) is 0 Å². The average Bonchev–Trinajstić information content (AvgIpc) is 2.94. The normalized spacial score (nSPS) is 23.3. The zero-order chi connectivity index (χ0) is 13.0. The molecule has 0 spiro atoms. The highest BCUT2D eigenvalue weighted by Crippen LogP contribution is 2.09. The maximum Gasteiger partial charge on any atom is 0.239 e. The summed E-state index contributed by atoms with van der Waals surface area (Å²) in [4.78, 5) is 35.7. The molecule has 7 nitrogen and oxygen atoms in total. The molecule has 0 aromatic carbocycles. The van der Waals surface area contributed by atoms with E-state index in [0.717, 1.165) is 19.4 Å². The van der Waals surface area contributed by atoms with E-state index in [4.69, 9.17) is 0 Å². The van der Waals surface area contributed by atoms with E-state index in [1.54, 1.807) is 0 Å². The number of rotatable bonds is 5. The summed E-state index contributed by atoms with van der Waals surface area (Å²) in [6.07, 6.45) is 2.50. The first kappa shape index (κ1) is 12.8. The molecule has 3 N–H and O–H groups in total. The van der Waals surface area contributed by atoms with Crippen molar-refractivity contribution in [3.63, 3.8) is 0 Å². The molecule has 0 bridgehead atoms. The molecule has 1 unspecified atom stereocenters. The number of hydrazine groups is 1. The molecule has 7 heteroatoms. The second-order valence-corrected chi connectivity index (χ2v) is 4.58. The lowest BCUT2D eigenvalue weighted by atomic mass is 10.2. The fraction of sp³-hybridized carbons (Fsp3) is 0.727. The van der Waals surface area contributed by atoms with Crippen LogP contribution in [0, 0.1) is 0 Å².